The van der Waals surface area contributed by atoms with Crippen molar-refractivity contribution < 1.29 is 0 Å². The molecule has 0 aliphatic carbocycles. The molecule has 0 saturated carbocycles. The Balaban J connectivity index is 2.25. The van der Waals surface area contributed by atoms with Crippen molar-refractivity contribution in [2.75, 3.05) is 0 Å². The summed E-state index contributed by atoms with van der Waals surface area (Å²) in [5.74, 6) is 0. The van der Waals surface area contributed by atoms with Gasteiger partial charge in [0.05, 0.1) is 10.7 Å². The molecule has 0 bridgehead atoms. The molecule has 3 nitrogen and oxygen atoms in total. The Labute approximate surface area is 90.8 Å². The van der Waals surface area contributed by atoms with Gasteiger partial charge in [-0.25, -0.2) is 15.0 Å². The zero-order valence-corrected chi connectivity index (χ0v) is 9.14. The van der Waals surface area contributed by atoms with Crippen LogP contribution in [0.4, 0.5) is 0 Å². The summed E-state index contributed by atoms with van der Waals surface area (Å²) in [6.45, 7) is 1.90. The fraction of sp³-hybridized carbons (Fsp3) is 0.222. The first-order chi connectivity index (χ1) is 6.74. The Morgan fingerprint density at radius 2 is 2.29 bits per heavy atom. The summed E-state index contributed by atoms with van der Waals surface area (Å²) in [7, 11) is 0. The molecule has 0 radical (unpaired) electrons. The Bertz CT molecular complexity index is 407. The molecule has 0 unspecified atom stereocenters. The predicted octanol–water partition coefficient (Wildman–Crippen LogP) is 2.49. The minimum atomic E-state index is 0.302. The summed E-state index contributed by atoms with van der Waals surface area (Å²) in [4.78, 5) is 12.3. The standard InChI is InChI=1S/C9H8ClN3S/c1-6-4-7(13-9(10)12-6)5-8-11-2-3-14-8/h2-4H,5H2,1H3. The number of thiazole rings is 1. The summed E-state index contributed by atoms with van der Waals surface area (Å²) in [5.41, 5.74) is 1.80. The number of aryl methyl sites for hydroxylation is 1. The molecule has 14 heavy (non-hydrogen) atoms. The van der Waals surface area contributed by atoms with E-state index in [1.807, 2.05) is 18.4 Å². The van der Waals surface area contributed by atoms with Crippen LogP contribution < -0.4 is 0 Å². The van der Waals surface area contributed by atoms with Crippen molar-refractivity contribution in [2.24, 2.45) is 0 Å². The van der Waals surface area contributed by atoms with Crippen LogP contribution in [0.1, 0.15) is 16.4 Å². The van der Waals surface area contributed by atoms with Crippen molar-refractivity contribution in [1.82, 2.24) is 15.0 Å². The molecule has 0 amide bonds. The Hall–Kier alpha value is -1.000. The smallest absolute Gasteiger partial charge is 0.222 e. The molecule has 0 saturated heterocycles. The third-order valence-electron chi connectivity index (χ3n) is 1.70. The van der Waals surface area contributed by atoms with E-state index in [2.05, 4.69) is 15.0 Å². The SMILES string of the molecule is Cc1cc(Cc2nccs2)nc(Cl)n1. The lowest BCUT2D eigenvalue weighted by Crippen LogP contribution is -1.95. The van der Waals surface area contributed by atoms with E-state index in [0.29, 0.717) is 5.28 Å². The molecule has 5 heteroatoms. The number of hydrogen-bond acceptors (Lipinski definition) is 4. The van der Waals surface area contributed by atoms with Crippen LogP contribution in [-0.4, -0.2) is 15.0 Å². The molecule has 0 spiro atoms. The van der Waals surface area contributed by atoms with Crippen LogP contribution in [0.25, 0.3) is 0 Å². The Morgan fingerprint density at radius 1 is 1.43 bits per heavy atom. The van der Waals surface area contributed by atoms with Crippen molar-refractivity contribution in [3.63, 3.8) is 0 Å². The van der Waals surface area contributed by atoms with E-state index in [1.165, 1.54) is 0 Å². The van der Waals surface area contributed by atoms with E-state index in [1.54, 1.807) is 17.5 Å². The molecule has 0 N–H and O–H groups in total. The normalized spacial score (nSPS) is 10.4. The Morgan fingerprint density at radius 3 is 2.93 bits per heavy atom. The zero-order valence-electron chi connectivity index (χ0n) is 7.57. The zero-order chi connectivity index (χ0) is 9.97. The summed E-state index contributed by atoms with van der Waals surface area (Å²) >= 11 is 7.37. The third-order valence-corrected chi connectivity index (χ3v) is 2.64. The average Bonchev–Trinajstić information content (AvgIpc) is 2.54. The first-order valence-corrected chi connectivity index (χ1v) is 5.38. The van der Waals surface area contributed by atoms with E-state index < -0.39 is 0 Å². The second-order valence-corrected chi connectivity index (χ2v) is 4.19. The van der Waals surface area contributed by atoms with Gasteiger partial charge in [0, 0.05) is 23.7 Å². The van der Waals surface area contributed by atoms with Gasteiger partial charge in [0.25, 0.3) is 0 Å². The van der Waals surface area contributed by atoms with Crippen LogP contribution in [0.3, 0.4) is 0 Å². The molecule has 0 atom stereocenters. The van der Waals surface area contributed by atoms with Gasteiger partial charge >= 0.3 is 0 Å². The molecule has 72 valence electrons. The lowest BCUT2D eigenvalue weighted by Gasteiger charge is -1.99. The number of rotatable bonds is 2. The summed E-state index contributed by atoms with van der Waals surface area (Å²) in [6, 6.07) is 1.92. The third kappa shape index (κ3) is 2.27. The maximum absolute atomic E-state index is 5.75. The van der Waals surface area contributed by atoms with Crippen molar-refractivity contribution in [2.45, 2.75) is 13.3 Å². The topological polar surface area (TPSA) is 38.7 Å². The minimum Gasteiger partial charge on any atom is -0.249 e. The van der Waals surface area contributed by atoms with Gasteiger partial charge in [-0.1, -0.05) is 0 Å². The monoisotopic (exact) mass is 225 g/mol. The van der Waals surface area contributed by atoms with Crippen molar-refractivity contribution in [3.8, 4) is 0 Å². The number of aromatic nitrogens is 3. The largest absolute Gasteiger partial charge is 0.249 e. The second kappa shape index (κ2) is 4.02. The van der Waals surface area contributed by atoms with Gasteiger partial charge < -0.3 is 0 Å². The molecule has 2 aromatic heterocycles. The molecule has 0 aliphatic heterocycles. The molecule has 2 aromatic rings. The Kier molecular flexibility index (Phi) is 2.74. The highest BCUT2D eigenvalue weighted by Gasteiger charge is 2.03. The number of nitrogens with zero attached hydrogens (tertiary/aromatic N) is 3. The van der Waals surface area contributed by atoms with Crippen LogP contribution in [0.2, 0.25) is 5.28 Å². The molecule has 2 rings (SSSR count). The molecule has 2 heterocycles. The van der Waals surface area contributed by atoms with Gasteiger partial charge in [-0.15, -0.1) is 11.3 Å². The minimum absolute atomic E-state index is 0.302. The van der Waals surface area contributed by atoms with Gasteiger partial charge in [0.15, 0.2) is 0 Å². The summed E-state index contributed by atoms with van der Waals surface area (Å²) in [5, 5.41) is 3.29. The van der Waals surface area contributed by atoms with Crippen LogP contribution in [-0.2, 0) is 6.42 Å². The highest BCUT2D eigenvalue weighted by Crippen LogP contribution is 2.12. The van der Waals surface area contributed by atoms with Gasteiger partial charge in [-0.2, -0.15) is 0 Å². The second-order valence-electron chi connectivity index (χ2n) is 2.87. The van der Waals surface area contributed by atoms with E-state index in [4.69, 9.17) is 11.6 Å². The predicted molar refractivity (Wildman–Crippen MR) is 56.7 cm³/mol. The van der Waals surface area contributed by atoms with Crippen molar-refractivity contribution in [3.05, 3.63) is 39.3 Å². The first kappa shape index (κ1) is 9.55. The van der Waals surface area contributed by atoms with Crippen molar-refractivity contribution >= 4 is 22.9 Å². The van der Waals surface area contributed by atoms with E-state index in [9.17, 15) is 0 Å². The van der Waals surface area contributed by atoms with Gasteiger partial charge in [0.1, 0.15) is 0 Å². The molecular weight excluding hydrogens is 218 g/mol. The average molecular weight is 226 g/mol. The fourth-order valence-electron chi connectivity index (χ4n) is 1.18. The quantitative estimate of drug-likeness (QED) is 0.738. The maximum atomic E-state index is 5.75. The number of hydrogen-bond donors (Lipinski definition) is 0. The van der Waals surface area contributed by atoms with Crippen molar-refractivity contribution in [1.29, 1.82) is 0 Å². The molecule has 0 aliphatic rings. The van der Waals surface area contributed by atoms with Crippen LogP contribution in [0.15, 0.2) is 17.6 Å². The number of halogens is 1. The van der Waals surface area contributed by atoms with Crippen LogP contribution in [0, 0.1) is 6.92 Å². The molecular formula is C9H8ClN3S. The summed E-state index contributed by atoms with van der Waals surface area (Å²) in [6.07, 6.45) is 2.51. The highest BCUT2D eigenvalue weighted by molar-refractivity contribution is 7.09. The first-order valence-electron chi connectivity index (χ1n) is 4.12. The van der Waals surface area contributed by atoms with E-state index >= 15 is 0 Å². The van der Waals surface area contributed by atoms with Gasteiger partial charge in [-0.05, 0) is 24.6 Å². The van der Waals surface area contributed by atoms with Crippen LogP contribution in [0.5, 0.6) is 0 Å². The van der Waals surface area contributed by atoms with Crippen LogP contribution >= 0.6 is 22.9 Å². The van der Waals surface area contributed by atoms with Gasteiger partial charge in [-0.3, -0.25) is 0 Å². The fourth-order valence-corrected chi connectivity index (χ4v) is 2.05. The van der Waals surface area contributed by atoms with Gasteiger partial charge in [0.2, 0.25) is 5.28 Å². The highest BCUT2D eigenvalue weighted by atomic mass is 35.5. The molecule has 0 fully saturated rings. The van der Waals surface area contributed by atoms with E-state index in [0.717, 1.165) is 22.8 Å². The lowest BCUT2D eigenvalue weighted by atomic mass is 10.3. The lowest BCUT2D eigenvalue weighted by molar-refractivity contribution is 0.989. The maximum Gasteiger partial charge on any atom is 0.222 e. The van der Waals surface area contributed by atoms with E-state index in [-0.39, 0.29) is 0 Å². The molecule has 0 aromatic carbocycles. The summed E-state index contributed by atoms with van der Waals surface area (Å²) < 4.78 is 0.